The zero-order chi connectivity index (χ0) is 11.0. The summed E-state index contributed by atoms with van der Waals surface area (Å²) in [4.78, 5) is 0. The largest absolute Gasteiger partial charge is 0.396 e. The summed E-state index contributed by atoms with van der Waals surface area (Å²) >= 11 is 0. The quantitative estimate of drug-likeness (QED) is 0.764. The Morgan fingerprint density at radius 1 is 1.00 bits per heavy atom. The summed E-state index contributed by atoms with van der Waals surface area (Å²) in [5, 5.41) is 8.14. The highest BCUT2D eigenvalue weighted by atomic mass is 16.3. The molecule has 1 aromatic rings. The van der Waals surface area contributed by atoms with E-state index in [0.29, 0.717) is 18.4 Å². The van der Waals surface area contributed by atoms with Gasteiger partial charge in [-0.25, -0.2) is 0 Å². The van der Waals surface area contributed by atoms with Gasteiger partial charge in [-0.3, -0.25) is 0 Å². The SMILES string of the molecule is CC(C)CO.CC(C)c1ccccc1. The number of hydrogen-bond donors (Lipinski definition) is 1. The minimum atomic E-state index is 0.306. The maximum Gasteiger partial charge on any atom is 0.0453 e. The van der Waals surface area contributed by atoms with Crippen LogP contribution in [0.1, 0.15) is 39.2 Å². The first kappa shape index (κ1) is 13.2. The summed E-state index contributed by atoms with van der Waals surface area (Å²) < 4.78 is 0. The minimum Gasteiger partial charge on any atom is -0.396 e. The summed E-state index contributed by atoms with van der Waals surface area (Å²) in [5.74, 6) is 1.10. The Kier molecular flexibility index (Phi) is 7.13. The van der Waals surface area contributed by atoms with E-state index in [1.54, 1.807) is 0 Å². The van der Waals surface area contributed by atoms with Crippen LogP contribution in [-0.4, -0.2) is 11.7 Å². The van der Waals surface area contributed by atoms with E-state index in [-0.39, 0.29) is 0 Å². The lowest BCUT2D eigenvalue weighted by Crippen LogP contribution is -1.90. The van der Waals surface area contributed by atoms with E-state index >= 15 is 0 Å². The van der Waals surface area contributed by atoms with Crippen molar-refractivity contribution in [1.29, 1.82) is 0 Å². The minimum absolute atomic E-state index is 0.306. The van der Waals surface area contributed by atoms with E-state index in [4.69, 9.17) is 5.11 Å². The molecule has 0 unspecified atom stereocenters. The molecule has 0 radical (unpaired) electrons. The van der Waals surface area contributed by atoms with Crippen molar-refractivity contribution < 1.29 is 5.11 Å². The van der Waals surface area contributed by atoms with Crippen LogP contribution in [0.4, 0.5) is 0 Å². The molecule has 14 heavy (non-hydrogen) atoms. The predicted molar refractivity (Wildman–Crippen MR) is 62.5 cm³/mol. The van der Waals surface area contributed by atoms with Crippen molar-refractivity contribution in [2.45, 2.75) is 33.6 Å². The van der Waals surface area contributed by atoms with Crippen LogP contribution in [0.25, 0.3) is 0 Å². The van der Waals surface area contributed by atoms with Crippen molar-refractivity contribution in [2.75, 3.05) is 6.61 Å². The smallest absolute Gasteiger partial charge is 0.0453 e. The third kappa shape index (κ3) is 6.67. The molecule has 1 aromatic carbocycles. The van der Waals surface area contributed by atoms with Gasteiger partial charge in [0.1, 0.15) is 0 Å². The van der Waals surface area contributed by atoms with Crippen molar-refractivity contribution in [1.82, 2.24) is 0 Å². The highest BCUT2D eigenvalue weighted by molar-refractivity contribution is 5.17. The first-order chi connectivity index (χ1) is 6.57. The van der Waals surface area contributed by atoms with E-state index < -0.39 is 0 Å². The average Bonchev–Trinajstić information content (AvgIpc) is 2.20. The molecule has 0 aliphatic rings. The third-order valence-electron chi connectivity index (χ3n) is 1.83. The van der Waals surface area contributed by atoms with Gasteiger partial charge >= 0.3 is 0 Å². The zero-order valence-electron chi connectivity index (χ0n) is 9.70. The van der Waals surface area contributed by atoms with Crippen LogP contribution in [0.3, 0.4) is 0 Å². The molecule has 0 amide bonds. The molecule has 0 spiro atoms. The first-order valence-corrected chi connectivity index (χ1v) is 5.23. The van der Waals surface area contributed by atoms with Gasteiger partial charge < -0.3 is 5.11 Å². The Bertz CT molecular complexity index is 214. The van der Waals surface area contributed by atoms with Gasteiger partial charge in [0.05, 0.1) is 0 Å². The molecule has 0 heterocycles. The van der Waals surface area contributed by atoms with Gasteiger partial charge in [-0.15, -0.1) is 0 Å². The van der Waals surface area contributed by atoms with Crippen LogP contribution in [0.5, 0.6) is 0 Å². The lowest BCUT2D eigenvalue weighted by Gasteiger charge is -2.01. The molecule has 0 fully saturated rings. The zero-order valence-corrected chi connectivity index (χ0v) is 9.70. The predicted octanol–water partition coefficient (Wildman–Crippen LogP) is 3.44. The first-order valence-electron chi connectivity index (χ1n) is 5.23. The molecule has 0 aliphatic carbocycles. The van der Waals surface area contributed by atoms with Gasteiger partial charge in [-0.05, 0) is 17.4 Å². The molecular weight excluding hydrogens is 172 g/mol. The van der Waals surface area contributed by atoms with Crippen molar-refractivity contribution in [2.24, 2.45) is 5.92 Å². The second kappa shape index (κ2) is 7.57. The molecular formula is C13H22O. The van der Waals surface area contributed by atoms with Gasteiger partial charge in [-0.1, -0.05) is 58.0 Å². The molecule has 1 nitrogen and oxygen atoms in total. The lowest BCUT2D eigenvalue weighted by atomic mass is 10.0. The van der Waals surface area contributed by atoms with Crippen molar-refractivity contribution in [3.8, 4) is 0 Å². The average molecular weight is 194 g/mol. The van der Waals surface area contributed by atoms with Gasteiger partial charge in [0.15, 0.2) is 0 Å². The standard InChI is InChI=1S/C9H12.C4H10O/c1-8(2)9-6-4-3-5-7-9;1-4(2)3-5/h3-8H,1-2H3;4-5H,3H2,1-2H3. The van der Waals surface area contributed by atoms with E-state index in [0.717, 1.165) is 0 Å². The second-order valence-electron chi connectivity index (χ2n) is 4.14. The van der Waals surface area contributed by atoms with Gasteiger partial charge in [-0.2, -0.15) is 0 Å². The Morgan fingerprint density at radius 3 is 1.64 bits per heavy atom. The van der Waals surface area contributed by atoms with E-state index in [1.165, 1.54) is 5.56 Å². The summed E-state index contributed by atoms with van der Waals surface area (Å²) in [7, 11) is 0. The van der Waals surface area contributed by atoms with E-state index in [2.05, 4.69) is 38.1 Å². The molecule has 0 bridgehead atoms. The van der Waals surface area contributed by atoms with E-state index in [1.807, 2.05) is 19.9 Å². The molecule has 0 saturated carbocycles. The Morgan fingerprint density at radius 2 is 1.43 bits per heavy atom. The number of aliphatic hydroxyl groups is 1. The summed E-state index contributed by atoms with van der Waals surface area (Å²) in [6.07, 6.45) is 0. The van der Waals surface area contributed by atoms with Crippen molar-refractivity contribution in [3.05, 3.63) is 35.9 Å². The summed E-state index contributed by atoms with van der Waals surface area (Å²) in [6, 6.07) is 10.5. The number of benzene rings is 1. The number of hydrogen-bond acceptors (Lipinski definition) is 1. The fourth-order valence-corrected chi connectivity index (χ4v) is 0.838. The van der Waals surface area contributed by atoms with Crippen molar-refractivity contribution >= 4 is 0 Å². The van der Waals surface area contributed by atoms with Crippen LogP contribution < -0.4 is 0 Å². The van der Waals surface area contributed by atoms with Gasteiger partial charge in [0.25, 0.3) is 0 Å². The number of aliphatic hydroxyl groups excluding tert-OH is 1. The molecule has 1 rings (SSSR count). The van der Waals surface area contributed by atoms with Crippen LogP contribution in [0, 0.1) is 5.92 Å². The van der Waals surface area contributed by atoms with Gasteiger partial charge in [0, 0.05) is 6.61 Å². The molecule has 1 heteroatoms. The normalized spacial score (nSPS) is 9.93. The summed E-state index contributed by atoms with van der Waals surface area (Å²) in [5.41, 5.74) is 1.41. The summed E-state index contributed by atoms with van der Waals surface area (Å²) in [6.45, 7) is 8.66. The van der Waals surface area contributed by atoms with Crippen molar-refractivity contribution in [3.63, 3.8) is 0 Å². The molecule has 0 atom stereocenters. The molecule has 80 valence electrons. The Hall–Kier alpha value is -0.820. The van der Waals surface area contributed by atoms with Gasteiger partial charge in [0.2, 0.25) is 0 Å². The van der Waals surface area contributed by atoms with Crippen LogP contribution in [0.2, 0.25) is 0 Å². The third-order valence-corrected chi connectivity index (χ3v) is 1.83. The Labute approximate surface area is 87.8 Å². The van der Waals surface area contributed by atoms with Crippen LogP contribution >= 0.6 is 0 Å². The Balaban J connectivity index is 0.000000292. The van der Waals surface area contributed by atoms with Crippen LogP contribution in [0.15, 0.2) is 30.3 Å². The maximum atomic E-state index is 8.14. The molecule has 0 saturated heterocycles. The fraction of sp³-hybridized carbons (Fsp3) is 0.538. The lowest BCUT2D eigenvalue weighted by molar-refractivity contribution is 0.248. The maximum absolute atomic E-state index is 8.14. The second-order valence-corrected chi connectivity index (χ2v) is 4.14. The fourth-order valence-electron chi connectivity index (χ4n) is 0.838. The monoisotopic (exact) mass is 194 g/mol. The molecule has 0 aliphatic heterocycles. The van der Waals surface area contributed by atoms with Crippen LogP contribution in [-0.2, 0) is 0 Å². The van der Waals surface area contributed by atoms with E-state index in [9.17, 15) is 0 Å². The molecule has 1 N–H and O–H groups in total. The topological polar surface area (TPSA) is 20.2 Å². The number of rotatable bonds is 2. The molecule has 0 aromatic heterocycles. The highest BCUT2D eigenvalue weighted by Crippen LogP contribution is 2.11. The highest BCUT2D eigenvalue weighted by Gasteiger charge is 1.93.